The van der Waals surface area contributed by atoms with Gasteiger partial charge in [0.1, 0.15) is 6.07 Å². The quantitative estimate of drug-likeness (QED) is 0.830. The molecule has 0 heterocycles. The van der Waals surface area contributed by atoms with E-state index in [0.29, 0.717) is 27.0 Å². The van der Waals surface area contributed by atoms with Crippen LogP contribution in [0.1, 0.15) is 15.9 Å². The molecule has 0 fully saturated rings. The topological polar surface area (TPSA) is 78.9 Å². The lowest BCUT2D eigenvalue weighted by molar-refractivity contribution is 0.102. The van der Waals surface area contributed by atoms with E-state index in [1.54, 1.807) is 12.1 Å². The van der Waals surface area contributed by atoms with Crippen LogP contribution in [0.2, 0.25) is 10.0 Å². The van der Waals surface area contributed by atoms with Gasteiger partial charge in [-0.1, -0.05) is 23.2 Å². The lowest BCUT2D eigenvalue weighted by atomic mass is 10.1. The maximum Gasteiger partial charge on any atom is 0.255 e. The summed E-state index contributed by atoms with van der Waals surface area (Å²) in [5.74, 6) is -0.407. The van der Waals surface area contributed by atoms with Crippen LogP contribution in [0.5, 0.6) is 0 Å². The fourth-order valence-electron chi connectivity index (χ4n) is 1.64. The number of hydrogen-bond acceptors (Lipinski definition) is 3. The van der Waals surface area contributed by atoms with E-state index in [0.717, 1.165) is 0 Å². The minimum atomic E-state index is -0.407. The van der Waals surface area contributed by atoms with Crippen LogP contribution in [0.25, 0.3) is 0 Å². The summed E-state index contributed by atoms with van der Waals surface area (Å²) in [5.41, 5.74) is 7.01. The van der Waals surface area contributed by atoms with Crippen LogP contribution in [0.4, 0.5) is 11.4 Å². The molecular formula is C14H9Cl2N3O. The first-order valence-electron chi connectivity index (χ1n) is 5.56. The molecule has 4 nitrogen and oxygen atoms in total. The highest BCUT2D eigenvalue weighted by molar-refractivity contribution is 6.35. The van der Waals surface area contributed by atoms with Gasteiger partial charge < -0.3 is 11.1 Å². The molecular weight excluding hydrogens is 297 g/mol. The molecule has 0 radical (unpaired) electrons. The molecule has 3 N–H and O–H groups in total. The van der Waals surface area contributed by atoms with Crippen LogP contribution < -0.4 is 11.1 Å². The molecule has 20 heavy (non-hydrogen) atoms. The Labute approximate surface area is 125 Å². The zero-order valence-corrected chi connectivity index (χ0v) is 11.7. The number of carbonyl (C=O) groups excluding carboxylic acids is 1. The summed E-state index contributed by atoms with van der Waals surface area (Å²) in [5, 5.41) is 12.4. The van der Waals surface area contributed by atoms with E-state index in [1.807, 2.05) is 6.07 Å². The highest BCUT2D eigenvalue weighted by Crippen LogP contribution is 2.22. The van der Waals surface area contributed by atoms with Crippen molar-refractivity contribution in [3.63, 3.8) is 0 Å². The number of rotatable bonds is 2. The van der Waals surface area contributed by atoms with Crippen molar-refractivity contribution in [1.82, 2.24) is 0 Å². The fourth-order valence-corrected chi connectivity index (χ4v) is 2.17. The zero-order chi connectivity index (χ0) is 14.7. The van der Waals surface area contributed by atoms with Gasteiger partial charge in [-0.25, -0.2) is 0 Å². The van der Waals surface area contributed by atoms with Gasteiger partial charge in [0.25, 0.3) is 5.91 Å². The Balaban J connectivity index is 2.30. The van der Waals surface area contributed by atoms with Crippen molar-refractivity contribution in [2.24, 2.45) is 0 Å². The Morgan fingerprint density at radius 1 is 1.15 bits per heavy atom. The third-order valence-corrected chi connectivity index (χ3v) is 2.97. The molecule has 100 valence electrons. The molecule has 0 aliphatic rings. The molecule has 2 aromatic rings. The van der Waals surface area contributed by atoms with Crippen LogP contribution in [0, 0.1) is 11.3 Å². The maximum atomic E-state index is 12.1. The predicted molar refractivity (Wildman–Crippen MR) is 80.0 cm³/mol. The van der Waals surface area contributed by atoms with E-state index in [-0.39, 0.29) is 5.56 Å². The van der Waals surface area contributed by atoms with E-state index in [4.69, 9.17) is 34.2 Å². The summed E-state index contributed by atoms with van der Waals surface area (Å²) < 4.78 is 0. The molecule has 0 atom stereocenters. The summed E-state index contributed by atoms with van der Waals surface area (Å²) in [6.07, 6.45) is 0. The van der Waals surface area contributed by atoms with E-state index >= 15 is 0 Å². The Morgan fingerprint density at radius 3 is 2.40 bits per heavy atom. The minimum absolute atomic E-state index is 0.284. The number of nitrogen functional groups attached to an aromatic ring is 1. The lowest BCUT2D eigenvalue weighted by Crippen LogP contribution is -2.13. The molecule has 0 aromatic heterocycles. The van der Waals surface area contributed by atoms with Gasteiger partial charge in [0.05, 0.1) is 11.3 Å². The predicted octanol–water partition coefficient (Wildman–Crippen LogP) is 3.70. The number of nitrogens with one attached hydrogen (secondary N) is 1. The molecule has 1 amide bonds. The van der Waals surface area contributed by atoms with E-state index < -0.39 is 5.91 Å². The van der Waals surface area contributed by atoms with Gasteiger partial charge in [0.15, 0.2) is 0 Å². The lowest BCUT2D eigenvalue weighted by Gasteiger charge is -2.08. The van der Waals surface area contributed by atoms with Crippen molar-refractivity contribution in [1.29, 1.82) is 5.26 Å². The molecule has 0 aliphatic heterocycles. The Bertz CT molecular complexity index is 703. The number of amides is 1. The molecule has 0 saturated carbocycles. The Hall–Kier alpha value is -2.22. The summed E-state index contributed by atoms with van der Waals surface area (Å²) in [4.78, 5) is 12.1. The molecule has 0 spiro atoms. The molecule has 0 unspecified atom stereocenters. The number of hydrogen-bond donors (Lipinski definition) is 2. The fraction of sp³-hybridized carbons (Fsp3) is 0. The second-order valence-corrected chi connectivity index (χ2v) is 4.90. The largest absolute Gasteiger partial charge is 0.399 e. The first-order valence-corrected chi connectivity index (χ1v) is 6.32. The summed E-state index contributed by atoms with van der Waals surface area (Å²) in [6, 6.07) is 11.1. The second-order valence-electron chi connectivity index (χ2n) is 4.03. The van der Waals surface area contributed by atoms with Crippen LogP contribution in [0.15, 0.2) is 36.4 Å². The third-order valence-electron chi connectivity index (χ3n) is 2.54. The monoisotopic (exact) mass is 305 g/mol. The van der Waals surface area contributed by atoms with Crippen molar-refractivity contribution >= 4 is 40.5 Å². The van der Waals surface area contributed by atoms with Crippen molar-refractivity contribution < 1.29 is 4.79 Å². The molecule has 2 rings (SSSR count). The smallest absolute Gasteiger partial charge is 0.255 e. The van der Waals surface area contributed by atoms with Gasteiger partial charge in [0.2, 0.25) is 0 Å². The molecule has 0 aliphatic carbocycles. The molecule has 0 saturated heterocycles. The minimum Gasteiger partial charge on any atom is -0.399 e. The average Bonchev–Trinajstić information content (AvgIpc) is 2.39. The van der Waals surface area contributed by atoms with Crippen LogP contribution >= 0.6 is 23.2 Å². The van der Waals surface area contributed by atoms with Crippen LogP contribution in [-0.2, 0) is 0 Å². The highest BCUT2D eigenvalue weighted by atomic mass is 35.5. The molecule has 2 aromatic carbocycles. The number of halogens is 2. The Kier molecular flexibility index (Phi) is 4.14. The summed E-state index contributed by atoms with van der Waals surface area (Å²) in [6.45, 7) is 0. The zero-order valence-electron chi connectivity index (χ0n) is 10.2. The van der Waals surface area contributed by atoms with E-state index in [2.05, 4.69) is 5.32 Å². The van der Waals surface area contributed by atoms with Crippen LogP contribution in [-0.4, -0.2) is 5.91 Å². The van der Waals surface area contributed by atoms with Gasteiger partial charge in [0, 0.05) is 21.3 Å². The first-order chi connectivity index (χ1) is 9.49. The van der Waals surface area contributed by atoms with Gasteiger partial charge in [-0.3, -0.25) is 4.79 Å². The van der Waals surface area contributed by atoms with Gasteiger partial charge in [-0.15, -0.1) is 0 Å². The number of carbonyl (C=O) groups is 1. The number of benzene rings is 2. The van der Waals surface area contributed by atoms with E-state index in [1.165, 1.54) is 24.3 Å². The van der Waals surface area contributed by atoms with Crippen molar-refractivity contribution in [2.75, 3.05) is 11.1 Å². The standard InChI is InChI=1S/C14H9Cl2N3O/c15-10-3-8(4-11(16)6-10)14(20)19-13-2-1-12(18)5-9(13)7-17/h1-6H,18H2,(H,19,20). The second kappa shape index (κ2) is 5.83. The van der Waals surface area contributed by atoms with E-state index in [9.17, 15) is 4.79 Å². The number of anilines is 2. The number of nitriles is 1. The van der Waals surface area contributed by atoms with Crippen molar-refractivity contribution in [2.45, 2.75) is 0 Å². The van der Waals surface area contributed by atoms with Gasteiger partial charge in [-0.05, 0) is 36.4 Å². The molecule has 0 bridgehead atoms. The number of nitrogens with zero attached hydrogens (tertiary/aromatic N) is 1. The maximum absolute atomic E-state index is 12.1. The normalized spacial score (nSPS) is 9.85. The van der Waals surface area contributed by atoms with Crippen molar-refractivity contribution in [3.8, 4) is 6.07 Å². The SMILES string of the molecule is N#Cc1cc(N)ccc1NC(=O)c1cc(Cl)cc(Cl)c1. The summed E-state index contributed by atoms with van der Waals surface area (Å²) >= 11 is 11.7. The van der Waals surface area contributed by atoms with Crippen molar-refractivity contribution in [3.05, 3.63) is 57.6 Å². The summed E-state index contributed by atoms with van der Waals surface area (Å²) in [7, 11) is 0. The average molecular weight is 306 g/mol. The Morgan fingerprint density at radius 2 is 1.80 bits per heavy atom. The third kappa shape index (κ3) is 3.21. The van der Waals surface area contributed by atoms with Gasteiger partial charge in [-0.2, -0.15) is 5.26 Å². The first kappa shape index (κ1) is 14.2. The van der Waals surface area contributed by atoms with Gasteiger partial charge >= 0.3 is 0 Å². The highest BCUT2D eigenvalue weighted by Gasteiger charge is 2.11. The van der Waals surface area contributed by atoms with Crippen LogP contribution in [0.3, 0.4) is 0 Å². The number of nitrogens with two attached hydrogens (primary N) is 1. The molecule has 6 heteroatoms.